The number of nitrogens with one attached hydrogen (secondary N) is 3. The van der Waals surface area contributed by atoms with Crippen molar-refractivity contribution in [2.75, 3.05) is 0 Å². The minimum atomic E-state index is -1.25. The zero-order chi connectivity index (χ0) is 23.5. The number of aryl methyl sites for hydroxylation is 1. The minimum Gasteiger partial charge on any atom is -1.00 e. The first kappa shape index (κ1) is 27.0. The molecule has 3 aromatic rings. The van der Waals surface area contributed by atoms with Crippen LogP contribution in [0.5, 0.6) is 0 Å². The van der Waals surface area contributed by atoms with Crippen LogP contribution in [0.15, 0.2) is 33.5 Å². The number of halogens is 1. The van der Waals surface area contributed by atoms with Gasteiger partial charge in [-0.15, -0.1) is 10.2 Å². The molecule has 0 atom stereocenters. The molecule has 2 amide bonds. The molecule has 170 valence electrons. The van der Waals surface area contributed by atoms with Crippen LogP contribution in [0, 0.1) is 12.7 Å². The summed E-state index contributed by atoms with van der Waals surface area (Å²) in [5.41, 5.74) is -1.90. The van der Waals surface area contributed by atoms with E-state index in [1.54, 1.807) is 13.8 Å². The molecule has 0 saturated carbocycles. The van der Waals surface area contributed by atoms with Crippen LogP contribution in [0.2, 0.25) is 0 Å². The van der Waals surface area contributed by atoms with Crippen molar-refractivity contribution >= 4 is 11.8 Å². The number of rotatable bonds is 7. The maximum atomic E-state index is 13.0. The first-order chi connectivity index (χ1) is 15.1. The van der Waals surface area contributed by atoms with Crippen LogP contribution in [0.4, 0.5) is 4.39 Å². The fourth-order valence-corrected chi connectivity index (χ4v) is 2.78. The molecule has 0 aliphatic heterocycles. The van der Waals surface area contributed by atoms with Crippen molar-refractivity contribution < 1.29 is 76.3 Å². The number of carbonyl (C=O) groups is 2. The summed E-state index contributed by atoms with van der Waals surface area (Å²) < 4.78 is 18.1. The molecule has 1 aromatic carbocycles. The average molecular weight is 485 g/mol. The molecule has 13 heteroatoms. The van der Waals surface area contributed by atoms with Crippen molar-refractivity contribution in [3.8, 4) is 0 Å². The van der Waals surface area contributed by atoms with Crippen molar-refractivity contribution in [1.29, 1.82) is 0 Å². The van der Waals surface area contributed by atoms with E-state index in [9.17, 15) is 23.9 Å². The molecular weight excluding hydrogens is 462 g/mol. The second kappa shape index (κ2) is 11.2. The SMILES string of the molecule is Cc1nnc(C(=O)NC(C)(C)c2nc(C(=O)NCc3ccc(F)cc3)c(CO)c(=O)[nH]2)o1.[H-].[K+]. The van der Waals surface area contributed by atoms with Crippen LogP contribution in [-0.2, 0) is 18.7 Å². The Morgan fingerprint density at radius 1 is 1.21 bits per heavy atom. The summed E-state index contributed by atoms with van der Waals surface area (Å²) in [6, 6.07) is 5.49. The third-order valence-corrected chi connectivity index (χ3v) is 4.49. The van der Waals surface area contributed by atoms with Gasteiger partial charge in [0.1, 0.15) is 17.3 Å². The number of aliphatic hydroxyl groups excluding tert-OH is 1. The van der Waals surface area contributed by atoms with E-state index in [-0.39, 0.29) is 88.2 Å². The third kappa shape index (κ3) is 6.62. The zero-order valence-electron chi connectivity index (χ0n) is 19.5. The summed E-state index contributed by atoms with van der Waals surface area (Å²) in [6.07, 6.45) is 0. The molecule has 4 N–H and O–H groups in total. The van der Waals surface area contributed by atoms with Gasteiger partial charge in [-0.1, -0.05) is 12.1 Å². The van der Waals surface area contributed by atoms with Crippen molar-refractivity contribution in [2.45, 2.75) is 39.5 Å². The maximum absolute atomic E-state index is 13.0. The largest absolute Gasteiger partial charge is 1.00 e. The van der Waals surface area contributed by atoms with E-state index >= 15 is 0 Å². The van der Waals surface area contributed by atoms with Gasteiger partial charge >= 0.3 is 63.2 Å². The van der Waals surface area contributed by atoms with Crippen LogP contribution in [0.1, 0.15) is 59.3 Å². The summed E-state index contributed by atoms with van der Waals surface area (Å²) >= 11 is 0. The Balaban J connectivity index is 0.00000289. The molecule has 3 rings (SSSR count). The van der Waals surface area contributed by atoms with Gasteiger partial charge in [0.15, 0.2) is 0 Å². The number of benzene rings is 1. The summed E-state index contributed by atoms with van der Waals surface area (Å²) in [4.78, 5) is 44.2. The maximum Gasteiger partial charge on any atom is 1.00 e. The summed E-state index contributed by atoms with van der Waals surface area (Å²) in [7, 11) is 0. The average Bonchev–Trinajstić information content (AvgIpc) is 3.18. The van der Waals surface area contributed by atoms with Crippen LogP contribution < -0.4 is 67.6 Å². The molecule has 0 radical (unpaired) electrons. The quantitative estimate of drug-likeness (QED) is 0.275. The van der Waals surface area contributed by atoms with Gasteiger partial charge in [-0.2, -0.15) is 0 Å². The Bertz CT molecular complexity index is 1210. The molecule has 11 nitrogen and oxygen atoms in total. The van der Waals surface area contributed by atoms with Crippen molar-refractivity contribution in [1.82, 2.24) is 30.8 Å². The third-order valence-electron chi connectivity index (χ3n) is 4.49. The fourth-order valence-electron chi connectivity index (χ4n) is 2.78. The molecule has 0 spiro atoms. The van der Waals surface area contributed by atoms with E-state index < -0.39 is 35.3 Å². The molecule has 0 fully saturated rings. The van der Waals surface area contributed by atoms with Gasteiger partial charge in [-0.3, -0.25) is 14.4 Å². The zero-order valence-corrected chi connectivity index (χ0v) is 21.6. The molecule has 0 bridgehead atoms. The van der Waals surface area contributed by atoms with Crippen LogP contribution in [-0.4, -0.2) is 37.1 Å². The number of H-pyrrole nitrogens is 1. The molecular formula is C20H22FKN6O5. The van der Waals surface area contributed by atoms with Crippen molar-refractivity contribution in [3.63, 3.8) is 0 Å². The van der Waals surface area contributed by atoms with E-state index in [0.717, 1.165) is 0 Å². The summed E-state index contributed by atoms with van der Waals surface area (Å²) in [5.74, 6) is -1.94. The Morgan fingerprint density at radius 2 is 1.88 bits per heavy atom. The second-order valence-corrected chi connectivity index (χ2v) is 7.41. The van der Waals surface area contributed by atoms with Crippen LogP contribution in [0.3, 0.4) is 0 Å². The van der Waals surface area contributed by atoms with Gasteiger partial charge in [-0.05, 0) is 31.5 Å². The van der Waals surface area contributed by atoms with Gasteiger partial charge in [0, 0.05) is 13.5 Å². The van der Waals surface area contributed by atoms with E-state index in [1.807, 2.05) is 0 Å². The van der Waals surface area contributed by atoms with Crippen LogP contribution in [0.25, 0.3) is 0 Å². The van der Waals surface area contributed by atoms with Crippen LogP contribution >= 0.6 is 0 Å². The van der Waals surface area contributed by atoms with Gasteiger partial charge < -0.3 is 26.6 Å². The van der Waals surface area contributed by atoms with E-state index in [1.165, 1.54) is 31.2 Å². The first-order valence-electron chi connectivity index (χ1n) is 9.50. The van der Waals surface area contributed by atoms with Gasteiger partial charge in [0.2, 0.25) is 5.89 Å². The Kier molecular flexibility index (Phi) is 9.17. The number of carbonyl (C=O) groups excluding carboxylic acids is 2. The van der Waals surface area contributed by atoms with Crippen molar-refractivity contribution in [2.24, 2.45) is 0 Å². The predicted molar refractivity (Wildman–Crippen MR) is 109 cm³/mol. The topological polar surface area (TPSA) is 163 Å². The Hall–Kier alpha value is -2.29. The molecule has 2 heterocycles. The molecule has 0 saturated heterocycles. The Labute approximate surface area is 231 Å². The summed E-state index contributed by atoms with van der Waals surface area (Å²) in [6.45, 7) is 3.94. The fraction of sp³-hybridized carbons (Fsp3) is 0.300. The Morgan fingerprint density at radius 3 is 2.45 bits per heavy atom. The number of aromatic nitrogens is 4. The monoisotopic (exact) mass is 484 g/mol. The first-order valence-corrected chi connectivity index (χ1v) is 9.50. The summed E-state index contributed by atoms with van der Waals surface area (Å²) in [5, 5.41) is 22.0. The van der Waals surface area contributed by atoms with Gasteiger partial charge in [0.05, 0.1) is 17.7 Å². The van der Waals surface area contributed by atoms with E-state index in [2.05, 4.69) is 30.8 Å². The molecule has 0 unspecified atom stereocenters. The van der Waals surface area contributed by atoms with Gasteiger partial charge in [-0.25, -0.2) is 9.37 Å². The predicted octanol–water partition coefficient (Wildman–Crippen LogP) is -2.20. The standard InChI is InChI=1S/C20H21FN6O5.K.H/c1-10-26-27-18(32-10)17(31)25-20(2,3)19-23-14(13(9-28)15(29)24-19)16(30)22-8-11-4-6-12(21)7-5-11;;/h4-7,28H,8-9H2,1-3H3,(H,22,30)(H,25,31)(H,23,24,29);;/q;+1;-1. The minimum absolute atomic E-state index is 0. The van der Waals surface area contributed by atoms with E-state index in [0.29, 0.717) is 5.56 Å². The normalized spacial score (nSPS) is 10.9. The second-order valence-electron chi connectivity index (χ2n) is 7.41. The smallest absolute Gasteiger partial charge is 1.00 e. The van der Waals surface area contributed by atoms with E-state index in [4.69, 9.17) is 4.42 Å². The van der Waals surface area contributed by atoms with Gasteiger partial charge in [0.25, 0.3) is 11.5 Å². The number of aliphatic hydroxyl groups is 1. The van der Waals surface area contributed by atoms with Crippen molar-refractivity contribution in [3.05, 3.63) is 74.9 Å². The molecule has 33 heavy (non-hydrogen) atoms. The number of hydrogen-bond acceptors (Lipinski definition) is 8. The number of aromatic amines is 1. The molecule has 2 aromatic heterocycles. The number of nitrogens with zero attached hydrogens (tertiary/aromatic N) is 3. The number of hydrogen-bond donors (Lipinski definition) is 4. The molecule has 0 aliphatic carbocycles. The molecule has 0 aliphatic rings. The number of amides is 2.